The summed E-state index contributed by atoms with van der Waals surface area (Å²) in [6.07, 6.45) is 5.93. The average molecular weight is 359 g/mol. The predicted octanol–water partition coefficient (Wildman–Crippen LogP) is 4.44. The van der Waals surface area contributed by atoms with Crippen LogP contribution in [0.4, 0.5) is 14.5 Å². The van der Waals surface area contributed by atoms with Gasteiger partial charge in [0.2, 0.25) is 5.91 Å². The third-order valence-electron chi connectivity index (χ3n) is 4.22. The van der Waals surface area contributed by atoms with Gasteiger partial charge >= 0.3 is 6.61 Å². The summed E-state index contributed by atoms with van der Waals surface area (Å²) in [7, 11) is 1.36. The molecule has 0 saturated heterocycles. The van der Waals surface area contributed by atoms with Crippen LogP contribution in [-0.2, 0) is 17.6 Å². The van der Waals surface area contributed by atoms with Gasteiger partial charge in [0, 0.05) is 17.3 Å². The van der Waals surface area contributed by atoms with Gasteiger partial charge in [-0.3, -0.25) is 4.79 Å². The Balaban J connectivity index is 1.74. The van der Waals surface area contributed by atoms with E-state index in [1.54, 1.807) is 12.1 Å². The molecule has 0 heterocycles. The van der Waals surface area contributed by atoms with Gasteiger partial charge in [0.1, 0.15) is 0 Å². The van der Waals surface area contributed by atoms with Crippen LogP contribution in [-0.4, -0.2) is 19.6 Å². The minimum Gasteiger partial charge on any atom is -0.493 e. The number of amides is 1. The average Bonchev–Trinajstić information content (AvgIpc) is 3.08. The Hall–Kier alpha value is -2.89. The first kappa shape index (κ1) is 17.9. The normalized spacial score (nSPS) is 13.1. The fraction of sp³-hybridized carbons (Fsp3) is 0.250. The molecule has 2 aromatic rings. The molecular weight excluding hydrogens is 340 g/mol. The molecule has 1 aliphatic carbocycles. The van der Waals surface area contributed by atoms with E-state index in [0.29, 0.717) is 5.56 Å². The highest BCUT2D eigenvalue weighted by Crippen LogP contribution is 2.33. The molecule has 0 saturated carbocycles. The summed E-state index contributed by atoms with van der Waals surface area (Å²) in [6.45, 7) is -2.99. The number of halogens is 2. The number of hydrogen-bond acceptors (Lipinski definition) is 3. The van der Waals surface area contributed by atoms with Crippen molar-refractivity contribution in [3.05, 3.63) is 59.2 Å². The van der Waals surface area contributed by atoms with Gasteiger partial charge in [-0.1, -0.05) is 18.2 Å². The first-order valence-corrected chi connectivity index (χ1v) is 8.29. The van der Waals surface area contributed by atoms with Crippen LogP contribution in [0.1, 0.15) is 23.1 Å². The number of ether oxygens (including phenoxy) is 2. The Morgan fingerprint density at radius 3 is 2.77 bits per heavy atom. The van der Waals surface area contributed by atoms with Gasteiger partial charge < -0.3 is 14.8 Å². The highest BCUT2D eigenvalue weighted by molar-refractivity contribution is 6.02. The zero-order valence-corrected chi connectivity index (χ0v) is 14.3. The summed E-state index contributed by atoms with van der Waals surface area (Å²) < 4.78 is 34.8. The van der Waals surface area contributed by atoms with E-state index in [9.17, 15) is 13.6 Å². The summed E-state index contributed by atoms with van der Waals surface area (Å²) >= 11 is 0. The van der Waals surface area contributed by atoms with Crippen LogP contribution < -0.4 is 14.8 Å². The van der Waals surface area contributed by atoms with Crippen LogP contribution in [0.3, 0.4) is 0 Å². The van der Waals surface area contributed by atoms with Crippen molar-refractivity contribution in [3.63, 3.8) is 0 Å². The van der Waals surface area contributed by atoms with E-state index in [4.69, 9.17) is 4.74 Å². The molecule has 0 bridgehead atoms. The smallest absolute Gasteiger partial charge is 0.387 e. The lowest BCUT2D eigenvalue weighted by Gasteiger charge is -2.12. The molecule has 6 heteroatoms. The van der Waals surface area contributed by atoms with Crippen LogP contribution in [0.5, 0.6) is 11.5 Å². The lowest BCUT2D eigenvalue weighted by atomic mass is 10.1. The maximum atomic E-state index is 12.6. The van der Waals surface area contributed by atoms with Crippen LogP contribution in [0.2, 0.25) is 0 Å². The topological polar surface area (TPSA) is 47.6 Å². The number of nitrogens with one attached hydrogen (secondary N) is 1. The number of fused-ring (bicyclic) bond motifs is 1. The summed E-state index contributed by atoms with van der Waals surface area (Å²) in [4.78, 5) is 12.2. The molecule has 0 aromatic heterocycles. The van der Waals surface area contributed by atoms with Crippen molar-refractivity contribution in [1.82, 2.24) is 0 Å². The van der Waals surface area contributed by atoms with Gasteiger partial charge in [-0.25, -0.2) is 0 Å². The highest BCUT2D eigenvalue weighted by Gasteiger charge is 2.14. The molecule has 3 rings (SSSR count). The Labute approximate surface area is 150 Å². The van der Waals surface area contributed by atoms with Crippen molar-refractivity contribution >= 4 is 17.7 Å². The third-order valence-corrected chi connectivity index (χ3v) is 4.22. The van der Waals surface area contributed by atoms with Crippen LogP contribution in [0.25, 0.3) is 6.08 Å². The zero-order chi connectivity index (χ0) is 18.5. The van der Waals surface area contributed by atoms with Crippen LogP contribution in [0, 0.1) is 0 Å². The number of carbonyl (C=O) groups is 1. The Kier molecular flexibility index (Phi) is 5.51. The van der Waals surface area contributed by atoms with E-state index in [2.05, 4.69) is 10.1 Å². The second-order valence-corrected chi connectivity index (χ2v) is 5.92. The Bertz CT molecular complexity index is 834. The molecule has 0 aliphatic heterocycles. The maximum absolute atomic E-state index is 12.6. The number of aryl methyl sites for hydroxylation is 2. The van der Waals surface area contributed by atoms with E-state index >= 15 is 0 Å². The number of benzene rings is 2. The second kappa shape index (κ2) is 7.99. The molecule has 136 valence electrons. The number of hydrogen-bond donors (Lipinski definition) is 1. The SMILES string of the molecule is COc1cccc(/C=C/C(=O)Nc2ccc3c(c2)CCC3)c1OC(F)F. The molecule has 0 radical (unpaired) electrons. The third kappa shape index (κ3) is 4.20. The van der Waals surface area contributed by atoms with Gasteiger partial charge in [0.25, 0.3) is 0 Å². The van der Waals surface area contributed by atoms with E-state index in [0.717, 1.165) is 24.9 Å². The van der Waals surface area contributed by atoms with Crippen molar-refractivity contribution in [1.29, 1.82) is 0 Å². The van der Waals surface area contributed by atoms with Gasteiger partial charge in [-0.15, -0.1) is 0 Å². The molecule has 0 atom stereocenters. The molecule has 2 aromatic carbocycles. The monoisotopic (exact) mass is 359 g/mol. The van der Waals surface area contributed by atoms with E-state index in [1.807, 2.05) is 18.2 Å². The second-order valence-electron chi connectivity index (χ2n) is 5.92. The molecule has 4 nitrogen and oxygen atoms in total. The number of alkyl halides is 2. The summed E-state index contributed by atoms with van der Waals surface area (Å²) in [5.41, 5.74) is 3.62. The van der Waals surface area contributed by atoms with Crippen molar-refractivity contribution in [2.45, 2.75) is 25.9 Å². The van der Waals surface area contributed by atoms with E-state index < -0.39 is 6.61 Å². The largest absolute Gasteiger partial charge is 0.493 e. The van der Waals surface area contributed by atoms with Gasteiger partial charge in [-0.2, -0.15) is 8.78 Å². The lowest BCUT2D eigenvalue weighted by molar-refractivity contribution is -0.111. The number of methoxy groups -OCH3 is 1. The Morgan fingerprint density at radius 2 is 2.00 bits per heavy atom. The van der Waals surface area contributed by atoms with Crippen molar-refractivity contribution in [3.8, 4) is 11.5 Å². The standard InChI is InChI=1S/C20H19F2NO3/c1-25-17-7-3-5-14(19(17)26-20(21)22)9-11-18(24)23-16-10-8-13-4-2-6-15(13)12-16/h3,5,7-12,20H,2,4,6H2,1H3,(H,23,24)/b11-9+. The minimum absolute atomic E-state index is 0.105. The van der Waals surface area contributed by atoms with Crippen LogP contribution >= 0.6 is 0 Å². The molecular formula is C20H19F2NO3. The molecule has 26 heavy (non-hydrogen) atoms. The number of carbonyl (C=O) groups excluding carboxylic acids is 1. The van der Waals surface area contributed by atoms with Crippen molar-refractivity contribution in [2.24, 2.45) is 0 Å². The fourth-order valence-electron chi connectivity index (χ4n) is 3.04. The molecule has 1 amide bonds. The fourth-order valence-corrected chi connectivity index (χ4v) is 3.04. The molecule has 1 aliphatic rings. The highest BCUT2D eigenvalue weighted by atomic mass is 19.3. The lowest BCUT2D eigenvalue weighted by Crippen LogP contribution is -2.08. The number of rotatable bonds is 6. The van der Waals surface area contributed by atoms with E-state index in [-0.39, 0.29) is 17.4 Å². The summed E-state index contributed by atoms with van der Waals surface area (Å²) in [6, 6.07) is 10.6. The summed E-state index contributed by atoms with van der Waals surface area (Å²) in [5.74, 6) is -0.285. The number of anilines is 1. The van der Waals surface area contributed by atoms with Crippen molar-refractivity contribution < 1.29 is 23.0 Å². The molecule has 0 fully saturated rings. The quantitative estimate of drug-likeness (QED) is 0.776. The Morgan fingerprint density at radius 1 is 1.19 bits per heavy atom. The van der Waals surface area contributed by atoms with Crippen molar-refractivity contribution in [2.75, 3.05) is 12.4 Å². The zero-order valence-electron chi connectivity index (χ0n) is 14.3. The van der Waals surface area contributed by atoms with E-state index in [1.165, 1.54) is 36.5 Å². The minimum atomic E-state index is -2.99. The van der Waals surface area contributed by atoms with Gasteiger partial charge in [0.15, 0.2) is 11.5 Å². The predicted molar refractivity (Wildman–Crippen MR) is 95.8 cm³/mol. The van der Waals surface area contributed by atoms with Gasteiger partial charge in [0.05, 0.1) is 7.11 Å². The first-order chi connectivity index (χ1) is 12.6. The van der Waals surface area contributed by atoms with Gasteiger partial charge in [-0.05, 0) is 54.7 Å². The number of para-hydroxylation sites is 1. The molecule has 0 unspecified atom stereocenters. The molecule has 0 spiro atoms. The summed E-state index contributed by atoms with van der Waals surface area (Å²) in [5, 5.41) is 2.78. The first-order valence-electron chi connectivity index (χ1n) is 8.29. The maximum Gasteiger partial charge on any atom is 0.387 e. The van der Waals surface area contributed by atoms with Crippen LogP contribution in [0.15, 0.2) is 42.5 Å². The molecule has 1 N–H and O–H groups in total.